The summed E-state index contributed by atoms with van der Waals surface area (Å²) in [5.41, 5.74) is 3.42. The average molecular weight is 374 g/mol. The minimum Gasteiger partial charge on any atom is -0.497 e. The molecule has 0 aliphatic carbocycles. The molecule has 0 unspecified atom stereocenters. The molecule has 0 saturated heterocycles. The number of nitriles is 1. The van der Waals surface area contributed by atoms with Crippen LogP contribution in [0.4, 0.5) is 0 Å². The van der Waals surface area contributed by atoms with Gasteiger partial charge in [0.05, 0.1) is 35.8 Å². The van der Waals surface area contributed by atoms with Crippen LogP contribution in [0.2, 0.25) is 0 Å². The molecule has 0 saturated carbocycles. The number of methoxy groups -OCH3 is 1. The summed E-state index contributed by atoms with van der Waals surface area (Å²) in [6.45, 7) is 2.72. The van der Waals surface area contributed by atoms with E-state index < -0.39 is 5.69 Å². The van der Waals surface area contributed by atoms with Crippen LogP contribution in [-0.4, -0.2) is 26.3 Å². The largest absolute Gasteiger partial charge is 0.497 e. The van der Waals surface area contributed by atoms with Crippen LogP contribution in [0, 0.1) is 11.3 Å². The normalized spacial score (nSPS) is 10.9. The zero-order valence-electron chi connectivity index (χ0n) is 15.4. The summed E-state index contributed by atoms with van der Waals surface area (Å²) >= 11 is 0. The molecule has 0 aliphatic heterocycles. The zero-order valence-corrected chi connectivity index (χ0v) is 15.4. The first-order chi connectivity index (χ1) is 13.6. The average Bonchev–Trinajstić information content (AvgIpc) is 3.22. The molecule has 2 aromatic heterocycles. The van der Waals surface area contributed by atoms with Crippen molar-refractivity contribution in [2.24, 2.45) is 0 Å². The van der Waals surface area contributed by atoms with Gasteiger partial charge in [0.25, 0.3) is 0 Å². The molecule has 0 spiro atoms. The van der Waals surface area contributed by atoms with Crippen LogP contribution in [-0.2, 0) is 6.54 Å². The van der Waals surface area contributed by atoms with Gasteiger partial charge in [-0.05, 0) is 36.8 Å². The first kappa shape index (κ1) is 17.5. The lowest BCUT2D eigenvalue weighted by Crippen LogP contribution is -2.13. The third-order valence-corrected chi connectivity index (χ3v) is 4.82. The van der Waals surface area contributed by atoms with Crippen molar-refractivity contribution in [3.05, 3.63) is 64.7 Å². The second kappa shape index (κ2) is 6.67. The zero-order chi connectivity index (χ0) is 19.8. The molecule has 0 atom stereocenters. The number of hydrogen-bond donors (Lipinski definition) is 2. The summed E-state index contributed by atoms with van der Waals surface area (Å²) in [5, 5.41) is 20.1. The summed E-state index contributed by atoms with van der Waals surface area (Å²) in [5.74, 6) is 0.540. The highest BCUT2D eigenvalue weighted by Crippen LogP contribution is 2.35. The monoisotopic (exact) mass is 374 g/mol. The Morgan fingerprint density at radius 1 is 1.21 bits per heavy atom. The molecule has 0 bridgehead atoms. The maximum absolute atomic E-state index is 11.9. The first-order valence-electron chi connectivity index (χ1n) is 8.79. The number of rotatable bonds is 4. The Bertz CT molecular complexity index is 1270. The van der Waals surface area contributed by atoms with Crippen molar-refractivity contribution in [2.45, 2.75) is 13.5 Å². The van der Waals surface area contributed by atoms with Crippen molar-refractivity contribution in [1.82, 2.24) is 14.1 Å². The summed E-state index contributed by atoms with van der Waals surface area (Å²) in [7, 11) is 1.62. The van der Waals surface area contributed by atoms with Gasteiger partial charge in [0, 0.05) is 18.0 Å². The van der Waals surface area contributed by atoms with Gasteiger partial charge in [0.15, 0.2) is 0 Å². The fourth-order valence-electron chi connectivity index (χ4n) is 3.55. The Kier molecular flexibility index (Phi) is 4.17. The maximum Gasteiger partial charge on any atom is 0.332 e. The van der Waals surface area contributed by atoms with E-state index in [1.807, 2.05) is 37.3 Å². The molecule has 4 rings (SSSR count). The highest BCUT2D eigenvalue weighted by molar-refractivity contribution is 5.95. The summed E-state index contributed by atoms with van der Waals surface area (Å²) in [6.07, 6.45) is 1.33. The molecule has 0 fully saturated rings. The topological polar surface area (TPSA) is 96.0 Å². The van der Waals surface area contributed by atoms with Crippen molar-refractivity contribution in [3.8, 4) is 34.6 Å². The first-order valence-corrected chi connectivity index (χ1v) is 8.79. The number of imidazole rings is 1. The van der Waals surface area contributed by atoms with E-state index in [0.29, 0.717) is 17.8 Å². The number of hydrogen-bond acceptors (Lipinski definition) is 4. The minimum absolute atomic E-state index is 0.194. The third kappa shape index (κ3) is 2.63. The van der Waals surface area contributed by atoms with E-state index in [9.17, 15) is 15.2 Å². The molecular weight excluding hydrogens is 356 g/mol. The van der Waals surface area contributed by atoms with Gasteiger partial charge in [0.1, 0.15) is 11.8 Å². The lowest BCUT2D eigenvalue weighted by Gasteiger charge is -2.10. The van der Waals surface area contributed by atoms with E-state index in [4.69, 9.17) is 4.74 Å². The Morgan fingerprint density at radius 2 is 1.96 bits per heavy atom. The number of nitrogens with zero attached hydrogens (tertiary/aromatic N) is 3. The number of aromatic hydroxyl groups is 1. The van der Waals surface area contributed by atoms with Gasteiger partial charge in [-0.2, -0.15) is 5.26 Å². The van der Waals surface area contributed by atoms with E-state index >= 15 is 0 Å². The molecular formula is C21H18N4O3. The van der Waals surface area contributed by atoms with Crippen molar-refractivity contribution in [3.63, 3.8) is 0 Å². The molecule has 140 valence electrons. The van der Waals surface area contributed by atoms with Crippen LogP contribution in [0.15, 0.2) is 53.5 Å². The van der Waals surface area contributed by atoms with Crippen molar-refractivity contribution < 1.29 is 9.84 Å². The summed E-state index contributed by atoms with van der Waals surface area (Å²) < 4.78 is 8.74. The van der Waals surface area contributed by atoms with Crippen molar-refractivity contribution in [1.29, 1.82) is 5.26 Å². The standard InChI is InChI=1S/C21H18N4O3/c1-3-24-18-10-15(28-2)8-9-16(18)17(11-22)20(24)13-4-6-14(7-5-13)25-12-19(26)23-21(25)27/h4-10,12,26H,3H2,1-2H3,(H,23,27). The highest BCUT2D eigenvalue weighted by Gasteiger charge is 2.18. The minimum atomic E-state index is -0.419. The number of ether oxygens (including phenoxy) is 1. The van der Waals surface area contributed by atoms with Crippen LogP contribution in [0.1, 0.15) is 12.5 Å². The SMILES string of the molecule is CCn1c(-c2ccc(-n3cc(O)[nH]c3=O)cc2)c(C#N)c2ccc(OC)cc21. The highest BCUT2D eigenvalue weighted by atomic mass is 16.5. The molecule has 7 nitrogen and oxygen atoms in total. The number of aromatic amines is 1. The van der Waals surface area contributed by atoms with Crippen LogP contribution in [0.3, 0.4) is 0 Å². The smallest absolute Gasteiger partial charge is 0.332 e. The van der Waals surface area contributed by atoms with E-state index in [-0.39, 0.29) is 5.88 Å². The second-order valence-corrected chi connectivity index (χ2v) is 6.32. The number of H-pyrrole nitrogens is 1. The summed E-state index contributed by atoms with van der Waals surface area (Å²) in [6, 6.07) is 15.3. The lowest BCUT2D eigenvalue weighted by atomic mass is 10.1. The fourth-order valence-corrected chi connectivity index (χ4v) is 3.55. The van der Waals surface area contributed by atoms with Gasteiger partial charge in [-0.15, -0.1) is 0 Å². The summed E-state index contributed by atoms with van der Waals surface area (Å²) in [4.78, 5) is 14.2. The molecule has 0 amide bonds. The Morgan fingerprint density at radius 3 is 2.54 bits per heavy atom. The molecule has 2 aromatic carbocycles. The molecule has 4 aromatic rings. The Balaban J connectivity index is 1.90. The van der Waals surface area contributed by atoms with E-state index in [1.54, 1.807) is 19.2 Å². The third-order valence-electron chi connectivity index (χ3n) is 4.82. The molecule has 28 heavy (non-hydrogen) atoms. The fraction of sp³-hybridized carbons (Fsp3) is 0.143. The van der Waals surface area contributed by atoms with Crippen LogP contribution in [0.25, 0.3) is 27.8 Å². The maximum atomic E-state index is 11.9. The molecule has 0 aliphatic rings. The molecule has 7 heteroatoms. The van der Waals surface area contributed by atoms with Gasteiger partial charge < -0.3 is 14.4 Å². The van der Waals surface area contributed by atoms with E-state index in [1.165, 1.54) is 10.8 Å². The van der Waals surface area contributed by atoms with Gasteiger partial charge >= 0.3 is 5.69 Å². The number of aryl methyl sites for hydroxylation is 1. The number of fused-ring (bicyclic) bond motifs is 1. The predicted octanol–water partition coefficient (Wildman–Crippen LogP) is 3.39. The van der Waals surface area contributed by atoms with Gasteiger partial charge in [-0.25, -0.2) is 4.79 Å². The van der Waals surface area contributed by atoms with Crippen molar-refractivity contribution >= 4 is 10.9 Å². The van der Waals surface area contributed by atoms with Gasteiger partial charge in [-0.1, -0.05) is 12.1 Å². The Labute approximate surface area is 160 Å². The Hall–Kier alpha value is -3.92. The number of benzene rings is 2. The molecule has 0 radical (unpaired) electrons. The lowest BCUT2D eigenvalue weighted by molar-refractivity contribution is 0.415. The molecule has 2 N–H and O–H groups in total. The van der Waals surface area contributed by atoms with Crippen LogP contribution < -0.4 is 10.4 Å². The van der Waals surface area contributed by atoms with Gasteiger partial charge in [0.2, 0.25) is 5.88 Å². The second-order valence-electron chi connectivity index (χ2n) is 6.32. The predicted molar refractivity (Wildman–Crippen MR) is 106 cm³/mol. The quantitative estimate of drug-likeness (QED) is 0.572. The van der Waals surface area contributed by atoms with E-state index in [2.05, 4.69) is 15.6 Å². The number of nitrogens with one attached hydrogen (secondary N) is 1. The van der Waals surface area contributed by atoms with Crippen LogP contribution in [0.5, 0.6) is 11.6 Å². The van der Waals surface area contributed by atoms with Crippen molar-refractivity contribution in [2.75, 3.05) is 7.11 Å². The molecule has 2 heterocycles. The van der Waals surface area contributed by atoms with Crippen LogP contribution >= 0.6 is 0 Å². The van der Waals surface area contributed by atoms with Gasteiger partial charge in [-0.3, -0.25) is 9.55 Å². The number of aromatic nitrogens is 3. The van der Waals surface area contributed by atoms with E-state index in [0.717, 1.165) is 27.9 Å².